The molecule has 1 aromatic carbocycles. The van der Waals surface area contributed by atoms with E-state index in [9.17, 15) is 9.18 Å². The van der Waals surface area contributed by atoms with Gasteiger partial charge in [-0.25, -0.2) is 4.39 Å². The largest absolute Gasteiger partial charge is 0.349 e. The molecule has 1 aromatic rings. The standard InChI is InChI=1S/C15H20BrFN2O/c1-10(2)19-7-5-12(6-8-19)18-15(20)11-3-4-14(17)13(16)9-11/h3-4,9-10,12H,5-8H2,1-2H3,(H,18,20). The van der Waals surface area contributed by atoms with Crippen LogP contribution in [0.5, 0.6) is 0 Å². The number of nitrogens with zero attached hydrogens (tertiary/aromatic N) is 1. The molecule has 0 radical (unpaired) electrons. The number of likely N-dealkylation sites (tertiary alicyclic amines) is 1. The summed E-state index contributed by atoms with van der Waals surface area (Å²) < 4.78 is 13.5. The second kappa shape index (κ2) is 6.68. The summed E-state index contributed by atoms with van der Waals surface area (Å²) in [6.07, 6.45) is 1.93. The van der Waals surface area contributed by atoms with Gasteiger partial charge < -0.3 is 10.2 Å². The van der Waals surface area contributed by atoms with Crippen LogP contribution in [0.25, 0.3) is 0 Å². The van der Waals surface area contributed by atoms with Crippen LogP contribution in [0.4, 0.5) is 4.39 Å². The lowest BCUT2D eigenvalue weighted by atomic mass is 10.0. The first kappa shape index (κ1) is 15.4. The molecule has 0 aliphatic carbocycles. The summed E-state index contributed by atoms with van der Waals surface area (Å²) in [5.41, 5.74) is 0.490. The summed E-state index contributed by atoms with van der Waals surface area (Å²) in [6.45, 7) is 6.40. The van der Waals surface area contributed by atoms with E-state index in [1.165, 1.54) is 18.2 Å². The molecule has 0 aromatic heterocycles. The van der Waals surface area contributed by atoms with Gasteiger partial charge in [-0.1, -0.05) is 0 Å². The van der Waals surface area contributed by atoms with E-state index in [0.717, 1.165) is 25.9 Å². The maximum absolute atomic E-state index is 13.2. The van der Waals surface area contributed by atoms with Gasteiger partial charge in [-0.05, 0) is 60.8 Å². The fourth-order valence-corrected chi connectivity index (χ4v) is 2.85. The summed E-state index contributed by atoms with van der Waals surface area (Å²) in [5, 5.41) is 3.03. The van der Waals surface area contributed by atoms with E-state index in [1.54, 1.807) is 0 Å². The Hall–Kier alpha value is -0.940. The van der Waals surface area contributed by atoms with Crippen molar-refractivity contribution in [1.29, 1.82) is 0 Å². The first-order valence-corrected chi connectivity index (χ1v) is 7.76. The van der Waals surface area contributed by atoms with E-state index in [1.807, 2.05) is 0 Å². The Balaban J connectivity index is 1.91. The third kappa shape index (κ3) is 3.79. The molecule has 1 heterocycles. The second-order valence-corrected chi connectivity index (χ2v) is 6.36. The van der Waals surface area contributed by atoms with Gasteiger partial charge in [-0.15, -0.1) is 0 Å². The SMILES string of the molecule is CC(C)N1CCC(NC(=O)c2ccc(F)c(Br)c2)CC1. The molecular weight excluding hydrogens is 323 g/mol. The summed E-state index contributed by atoms with van der Waals surface area (Å²) in [6, 6.07) is 5.11. The third-order valence-electron chi connectivity index (χ3n) is 3.78. The molecule has 2 rings (SSSR count). The van der Waals surface area contributed by atoms with Crippen molar-refractivity contribution in [3.8, 4) is 0 Å². The maximum Gasteiger partial charge on any atom is 0.251 e. The molecule has 1 fully saturated rings. The maximum atomic E-state index is 13.2. The molecule has 0 atom stereocenters. The lowest BCUT2D eigenvalue weighted by Crippen LogP contribution is -2.46. The second-order valence-electron chi connectivity index (χ2n) is 5.51. The zero-order chi connectivity index (χ0) is 14.7. The van der Waals surface area contributed by atoms with Crippen molar-refractivity contribution in [1.82, 2.24) is 10.2 Å². The monoisotopic (exact) mass is 342 g/mol. The number of carbonyl (C=O) groups excluding carboxylic acids is 1. The van der Waals surface area contributed by atoms with Gasteiger partial charge in [0.2, 0.25) is 0 Å². The van der Waals surface area contributed by atoms with Crippen LogP contribution in [0.2, 0.25) is 0 Å². The summed E-state index contributed by atoms with van der Waals surface area (Å²) in [4.78, 5) is 14.5. The van der Waals surface area contributed by atoms with E-state index in [2.05, 4.69) is 40.0 Å². The van der Waals surface area contributed by atoms with Crippen LogP contribution in [-0.4, -0.2) is 36.0 Å². The highest BCUT2D eigenvalue weighted by molar-refractivity contribution is 9.10. The van der Waals surface area contributed by atoms with Gasteiger partial charge in [0, 0.05) is 30.7 Å². The van der Waals surface area contributed by atoms with Crippen LogP contribution in [0.15, 0.2) is 22.7 Å². The van der Waals surface area contributed by atoms with E-state index in [4.69, 9.17) is 0 Å². The molecule has 0 saturated carbocycles. The molecule has 3 nitrogen and oxygen atoms in total. The lowest BCUT2D eigenvalue weighted by molar-refractivity contribution is 0.0900. The average molecular weight is 343 g/mol. The van der Waals surface area contributed by atoms with Gasteiger partial charge in [-0.3, -0.25) is 4.79 Å². The minimum Gasteiger partial charge on any atom is -0.349 e. The van der Waals surface area contributed by atoms with Gasteiger partial charge in [0.1, 0.15) is 5.82 Å². The number of halogens is 2. The van der Waals surface area contributed by atoms with Crippen molar-refractivity contribution in [3.63, 3.8) is 0 Å². The van der Waals surface area contributed by atoms with Crippen LogP contribution >= 0.6 is 15.9 Å². The number of piperidine rings is 1. The van der Waals surface area contributed by atoms with Crippen LogP contribution in [0.3, 0.4) is 0 Å². The van der Waals surface area contributed by atoms with Crippen LogP contribution in [0.1, 0.15) is 37.0 Å². The molecule has 0 bridgehead atoms. The fourth-order valence-electron chi connectivity index (χ4n) is 2.47. The minimum absolute atomic E-state index is 0.131. The van der Waals surface area contributed by atoms with Crippen molar-refractivity contribution in [3.05, 3.63) is 34.1 Å². The molecule has 20 heavy (non-hydrogen) atoms. The molecule has 1 aliphatic heterocycles. The van der Waals surface area contributed by atoms with Crippen molar-refractivity contribution in [2.75, 3.05) is 13.1 Å². The van der Waals surface area contributed by atoms with Crippen molar-refractivity contribution < 1.29 is 9.18 Å². The molecular formula is C15H20BrFN2O. The molecule has 1 saturated heterocycles. The molecule has 5 heteroatoms. The normalized spacial score (nSPS) is 17.4. The van der Waals surface area contributed by atoms with E-state index >= 15 is 0 Å². The van der Waals surface area contributed by atoms with E-state index < -0.39 is 0 Å². The molecule has 0 unspecified atom stereocenters. The lowest BCUT2D eigenvalue weighted by Gasteiger charge is -2.34. The highest BCUT2D eigenvalue weighted by atomic mass is 79.9. The summed E-state index contributed by atoms with van der Waals surface area (Å²) in [7, 11) is 0. The summed E-state index contributed by atoms with van der Waals surface area (Å²) >= 11 is 3.10. The molecule has 1 aliphatic rings. The Labute approximate surface area is 127 Å². The van der Waals surface area contributed by atoms with Gasteiger partial charge in [-0.2, -0.15) is 0 Å². The predicted octanol–water partition coefficient (Wildman–Crippen LogP) is 3.19. The fraction of sp³-hybridized carbons (Fsp3) is 0.533. The van der Waals surface area contributed by atoms with Gasteiger partial charge in [0.05, 0.1) is 4.47 Å². The number of rotatable bonds is 3. The molecule has 1 amide bonds. The number of benzene rings is 1. The number of hydrogen-bond donors (Lipinski definition) is 1. The topological polar surface area (TPSA) is 32.3 Å². The number of hydrogen-bond acceptors (Lipinski definition) is 2. The number of nitrogens with one attached hydrogen (secondary N) is 1. The van der Waals surface area contributed by atoms with E-state index in [-0.39, 0.29) is 17.8 Å². The van der Waals surface area contributed by atoms with Crippen LogP contribution in [0, 0.1) is 5.82 Å². The molecule has 0 spiro atoms. The smallest absolute Gasteiger partial charge is 0.251 e. The van der Waals surface area contributed by atoms with Crippen LogP contribution < -0.4 is 5.32 Å². The first-order valence-electron chi connectivity index (χ1n) is 6.97. The summed E-state index contributed by atoms with van der Waals surface area (Å²) in [5.74, 6) is -0.486. The van der Waals surface area contributed by atoms with Crippen molar-refractivity contribution >= 4 is 21.8 Å². The first-order chi connectivity index (χ1) is 9.47. The third-order valence-corrected chi connectivity index (χ3v) is 4.38. The Morgan fingerprint density at radius 1 is 1.40 bits per heavy atom. The van der Waals surface area contributed by atoms with Crippen molar-refractivity contribution in [2.24, 2.45) is 0 Å². The van der Waals surface area contributed by atoms with Gasteiger partial charge in [0.25, 0.3) is 5.91 Å². The Morgan fingerprint density at radius 2 is 2.05 bits per heavy atom. The highest BCUT2D eigenvalue weighted by Gasteiger charge is 2.22. The van der Waals surface area contributed by atoms with E-state index in [0.29, 0.717) is 16.1 Å². The molecule has 1 N–H and O–H groups in total. The quantitative estimate of drug-likeness (QED) is 0.914. The molecule has 110 valence electrons. The predicted molar refractivity (Wildman–Crippen MR) is 81.3 cm³/mol. The highest BCUT2D eigenvalue weighted by Crippen LogP contribution is 2.18. The zero-order valence-corrected chi connectivity index (χ0v) is 13.4. The van der Waals surface area contributed by atoms with Crippen molar-refractivity contribution in [2.45, 2.75) is 38.8 Å². The average Bonchev–Trinajstić information content (AvgIpc) is 2.42. The van der Waals surface area contributed by atoms with Gasteiger partial charge in [0.15, 0.2) is 0 Å². The van der Waals surface area contributed by atoms with Crippen LogP contribution in [-0.2, 0) is 0 Å². The minimum atomic E-state index is -0.355. The Kier molecular flexibility index (Phi) is 5.16. The Morgan fingerprint density at radius 3 is 2.60 bits per heavy atom. The number of carbonyl (C=O) groups is 1. The number of amides is 1. The zero-order valence-electron chi connectivity index (χ0n) is 11.8. The van der Waals surface area contributed by atoms with Gasteiger partial charge >= 0.3 is 0 Å². The Bertz CT molecular complexity index is 485.